The summed E-state index contributed by atoms with van der Waals surface area (Å²) in [5.41, 5.74) is 2.22. The molecule has 0 aliphatic rings. The minimum atomic E-state index is -3.67. The zero-order valence-electron chi connectivity index (χ0n) is 12.5. The summed E-state index contributed by atoms with van der Waals surface area (Å²) in [5.74, 6) is 5.65. The maximum Gasteiger partial charge on any atom is 0.331 e. The normalized spacial score (nSPS) is 10.3. The predicted octanol–water partition coefficient (Wildman–Crippen LogP) is 1.29. The van der Waals surface area contributed by atoms with E-state index in [1.165, 1.54) is 10.6 Å². The van der Waals surface area contributed by atoms with Crippen LogP contribution < -0.4 is 11.2 Å². The number of benzene rings is 1. The Morgan fingerprint density at radius 1 is 1.33 bits per heavy atom. The van der Waals surface area contributed by atoms with Crippen molar-refractivity contribution in [1.82, 2.24) is 10.3 Å². The Balaban J connectivity index is 0.000000690. The van der Waals surface area contributed by atoms with E-state index in [1.54, 1.807) is 0 Å². The molecule has 1 aromatic carbocycles. The van der Waals surface area contributed by atoms with Crippen molar-refractivity contribution in [2.45, 2.75) is 26.8 Å². The lowest BCUT2D eigenvalue weighted by atomic mass is 10.1. The summed E-state index contributed by atoms with van der Waals surface area (Å²) < 4.78 is 25.9. The Morgan fingerprint density at radius 3 is 2.24 bits per heavy atom. The molecule has 0 saturated heterocycles. The van der Waals surface area contributed by atoms with Crippen LogP contribution in [0, 0.1) is 6.92 Å². The average molecular weight is 317 g/mol. The van der Waals surface area contributed by atoms with Crippen LogP contribution in [0.3, 0.4) is 0 Å². The second kappa shape index (κ2) is 9.32. The van der Waals surface area contributed by atoms with E-state index in [2.05, 4.69) is 5.32 Å². The van der Waals surface area contributed by atoms with Crippen LogP contribution in [-0.2, 0) is 16.7 Å². The molecular weight excluding hydrogens is 294 g/mol. The lowest BCUT2D eigenvalue weighted by molar-refractivity contribution is 0.196. The Bertz CT molecular complexity index is 521. The molecule has 1 rings (SSSR count). The Morgan fingerprint density at radius 2 is 1.81 bits per heavy atom. The Kier molecular flexibility index (Phi) is 8.60. The van der Waals surface area contributed by atoms with Gasteiger partial charge in [0.05, 0.1) is 12.8 Å². The fraction of sp³-hybridized carbons (Fsp3) is 0.462. The van der Waals surface area contributed by atoms with E-state index in [0.29, 0.717) is 19.3 Å². The first-order valence-electron chi connectivity index (χ1n) is 6.41. The van der Waals surface area contributed by atoms with Gasteiger partial charge >= 0.3 is 6.03 Å². The van der Waals surface area contributed by atoms with E-state index in [0.717, 1.165) is 12.0 Å². The predicted molar refractivity (Wildman–Crippen MR) is 82.1 cm³/mol. The van der Waals surface area contributed by atoms with Crippen LogP contribution in [0.1, 0.15) is 24.5 Å². The number of hydrogen-bond acceptors (Lipinski definition) is 4. The molecule has 2 amide bonds. The highest BCUT2D eigenvalue weighted by Gasteiger charge is 2.08. The summed E-state index contributed by atoms with van der Waals surface area (Å²) in [6.45, 7) is 5.11. The molecule has 0 fully saturated rings. The summed E-state index contributed by atoms with van der Waals surface area (Å²) in [6.07, 6.45) is 1.62. The number of hydrogen-bond donors (Lipinski definition) is 3. The van der Waals surface area contributed by atoms with Crippen LogP contribution in [0.4, 0.5) is 4.79 Å². The zero-order chi connectivity index (χ0) is 16.5. The molecule has 21 heavy (non-hydrogen) atoms. The minimum absolute atomic E-state index is 0.234. The first-order chi connectivity index (χ1) is 9.63. The first-order valence-corrected chi connectivity index (χ1v) is 8.26. The highest BCUT2D eigenvalue weighted by molar-refractivity contribution is 7.85. The number of aryl methyl sites for hydroxylation is 1. The molecule has 0 aliphatic carbocycles. The van der Waals surface area contributed by atoms with Gasteiger partial charge in [-0.05, 0) is 18.9 Å². The van der Waals surface area contributed by atoms with E-state index in [9.17, 15) is 13.2 Å². The van der Waals surface area contributed by atoms with Crippen molar-refractivity contribution < 1.29 is 17.8 Å². The van der Waals surface area contributed by atoms with Gasteiger partial charge in [0.15, 0.2) is 0 Å². The Labute approximate surface area is 125 Å². The highest BCUT2D eigenvalue weighted by atomic mass is 32.2. The van der Waals surface area contributed by atoms with Crippen molar-refractivity contribution in [2.75, 3.05) is 12.8 Å². The van der Waals surface area contributed by atoms with Crippen LogP contribution in [0.5, 0.6) is 0 Å². The van der Waals surface area contributed by atoms with Crippen LogP contribution in [0.2, 0.25) is 0 Å². The zero-order valence-corrected chi connectivity index (χ0v) is 13.4. The molecule has 120 valence electrons. The smallest absolute Gasteiger partial charge is 0.331 e. The van der Waals surface area contributed by atoms with Crippen LogP contribution in [0.25, 0.3) is 0 Å². The fourth-order valence-corrected chi connectivity index (χ4v) is 1.30. The lowest BCUT2D eigenvalue weighted by Crippen LogP contribution is -2.44. The van der Waals surface area contributed by atoms with Gasteiger partial charge in [-0.3, -0.25) is 9.56 Å². The molecule has 0 aliphatic heterocycles. The molecule has 0 aromatic heterocycles. The summed E-state index contributed by atoms with van der Waals surface area (Å²) in [4.78, 5) is 11.5. The van der Waals surface area contributed by atoms with Gasteiger partial charge in [0, 0.05) is 6.54 Å². The standard InChI is InChI=1S/C12H19N3O.CH4O3S/c1-3-8-14-12(16)15(13)9-11-6-4-10(2)5-7-11;1-5(2,3)4/h4-7H,3,8-9,13H2,1-2H3,(H,14,16);1H3,(H,2,3,4). The van der Waals surface area contributed by atoms with Gasteiger partial charge < -0.3 is 5.32 Å². The van der Waals surface area contributed by atoms with E-state index in [1.807, 2.05) is 38.1 Å². The van der Waals surface area contributed by atoms with Gasteiger partial charge in [0.2, 0.25) is 0 Å². The van der Waals surface area contributed by atoms with Crippen molar-refractivity contribution in [3.8, 4) is 0 Å². The first kappa shape index (κ1) is 19.4. The number of nitrogens with two attached hydrogens (primary N) is 1. The topological polar surface area (TPSA) is 113 Å². The number of amides is 2. The number of carbonyl (C=O) groups is 1. The molecule has 0 spiro atoms. The summed E-state index contributed by atoms with van der Waals surface area (Å²) in [5, 5.41) is 3.92. The van der Waals surface area contributed by atoms with Crippen molar-refractivity contribution in [3.05, 3.63) is 35.4 Å². The molecule has 4 N–H and O–H groups in total. The Hall–Kier alpha value is -1.64. The van der Waals surface area contributed by atoms with Gasteiger partial charge in [-0.25, -0.2) is 10.6 Å². The van der Waals surface area contributed by atoms with Crippen LogP contribution in [-0.4, -0.2) is 36.8 Å². The molecule has 0 heterocycles. The molecule has 7 nitrogen and oxygen atoms in total. The van der Waals surface area contributed by atoms with Crippen molar-refractivity contribution in [3.63, 3.8) is 0 Å². The SMILES string of the molecule is CCCNC(=O)N(N)Cc1ccc(C)cc1.CS(=O)(=O)O. The number of carbonyl (C=O) groups excluding carboxylic acids is 1. The fourth-order valence-electron chi connectivity index (χ4n) is 1.30. The molecular formula is C13H23N3O4S. The van der Waals surface area contributed by atoms with E-state index >= 15 is 0 Å². The quantitative estimate of drug-likeness (QED) is 0.335. The number of nitrogens with zero attached hydrogens (tertiary/aromatic N) is 1. The van der Waals surface area contributed by atoms with Gasteiger partial charge in [-0.2, -0.15) is 8.42 Å². The lowest BCUT2D eigenvalue weighted by Gasteiger charge is -2.17. The van der Waals surface area contributed by atoms with Crippen LogP contribution >= 0.6 is 0 Å². The molecule has 0 unspecified atom stereocenters. The van der Waals surface area contributed by atoms with Crippen molar-refractivity contribution >= 4 is 16.1 Å². The summed E-state index contributed by atoms with van der Waals surface area (Å²) in [7, 11) is -3.67. The molecule has 0 radical (unpaired) electrons. The van der Waals surface area contributed by atoms with Crippen molar-refractivity contribution in [1.29, 1.82) is 0 Å². The molecule has 0 saturated carbocycles. The molecule has 8 heteroatoms. The number of nitrogens with one attached hydrogen (secondary N) is 1. The minimum Gasteiger partial charge on any atom is -0.337 e. The van der Waals surface area contributed by atoms with E-state index in [4.69, 9.17) is 10.4 Å². The molecule has 0 atom stereocenters. The molecule has 0 bridgehead atoms. The number of rotatable bonds is 4. The maximum absolute atomic E-state index is 11.5. The third kappa shape index (κ3) is 11.9. The summed E-state index contributed by atoms with van der Waals surface area (Å²) in [6, 6.07) is 7.73. The molecule has 1 aromatic rings. The number of hydrazine groups is 1. The van der Waals surface area contributed by atoms with Gasteiger partial charge in [0.1, 0.15) is 0 Å². The largest absolute Gasteiger partial charge is 0.337 e. The van der Waals surface area contributed by atoms with Crippen LogP contribution in [0.15, 0.2) is 24.3 Å². The third-order valence-corrected chi connectivity index (χ3v) is 2.26. The van der Waals surface area contributed by atoms with Gasteiger partial charge in [-0.1, -0.05) is 36.8 Å². The second-order valence-corrected chi connectivity index (χ2v) is 6.04. The maximum atomic E-state index is 11.5. The average Bonchev–Trinajstić information content (AvgIpc) is 2.36. The number of urea groups is 1. The van der Waals surface area contributed by atoms with Gasteiger partial charge in [-0.15, -0.1) is 0 Å². The van der Waals surface area contributed by atoms with E-state index in [-0.39, 0.29) is 6.03 Å². The second-order valence-electron chi connectivity index (χ2n) is 4.58. The van der Waals surface area contributed by atoms with Gasteiger partial charge in [0.25, 0.3) is 10.1 Å². The van der Waals surface area contributed by atoms with Crippen molar-refractivity contribution in [2.24, 2.45) is 5.84 Å². The summed E-state index contributed by atoms with van der Waals surface area (Å²) >= 11 is 0. The monoisotopic (exact) mass is 317 g/mol. The van der Waals surface area contributed by atoms with E-state index < -0.39 is 10.1 Å². The highest BCUT2D eigenvalue weighted by Crippen LogP contribution is 2.04. The third-order valence-electron chi connectivity index (χ3n) is 2.26.